The van der Waals surface area contributed by atoms with Crippen LogP contribution in [0.1, 0.15) is 71.5 Å². The van der Waals surface area contributed by atoms with Gasteiger partial charge in [-0.05, 0) is 62.1 Å². The summed E-state index contributed by atoms with van der Waals surface area (Å²) in [4.78, 5) is 23.2. The topological polar surface area (TPSA) is 157 Å². The van der Waals surface area contributed by atoms with Gasteiger partial charge < -0.3 is 19.9 Å². The van der Waals surface area contributed by atoms with E-state index in [-0.39, 0.29) is 17.3 Å². The number of anilines is 1. The number of aliphatic hydroxyl groups is 2. The van der Waals surface area contributed by atoms with Gasteiger partial charge in [0.05, 0.1) is 17.4 Å². The van der Waals surface area contributed by atoms with Crippen LogP contribution in [0.25, 0.3) is 22.2 Å². The Kier molecular flexibility index (Phi) is 7.69. The van der Waals surface area contributed by atoms with Crippen LogP contribution in [0, 0.1) is 5.92 Å². The van der Waals surface area contributed by atoms with Crippen LogP contribution in [0.5, 0.6) is 0 Å². The zero-order chi connectivity index (χ0) is 29.8. The normalized spacial score (nSPS) is 26.5. The van der Waals surface area contributed by atoms with Crippen molar-refractivity contribution in [2.24, 2.45) is 5.92 Å². The fourth-order valence-electron chi connectivity index (χ4n) is 6.41. The third-order valence-corrected chi connectivity index (χ3v) is 9.00. The van der Waals surface area contributed by atoms with Gasteiger partial charge >= 0.3 is 0 Å². The molecule has 1 saturated carbocycles. The monoisotopic (exact) mass is 578 g/mol. The first-order chi connectivity index (χ1) is 20.0. The number of aromatic amines is 1. The van der Waals surface area contributed by atoms with Gasteiger partial charge in [0, 0.05) is 25.0 Å². The summed E-state index contributed by atoms with van der Waals surface area (Å²) in [6.07, 6.45) is 3.29. The molecule has 4 atom stereocenters. The van der Waals surface area contributed by atoms with Gasteiger partial charge in [0.25, 0.3) is 0 Å². The predicted molar refractivity (Wildman–Crippen MR) is 158 cm³/mol. The lowest BCUT2D eigenvalue weighted by Crippen LogP contribution is -2.52. The summed E-state index contributed by atoms with van der Waals surface area (Å²) >= 11 is 0. The smallest absolute Gasteiger partial charge is 0.181 e. The quantitative estimate of drug-likeness (QED) is 0.186. The van der Waals surface area contributed by atoms with Crippen molar-refractivity contribution in [2.45, 2.75) is 102 Å². The minimum atomic E-state index is -1.15. The maximum Gasteiger partial charge on any atom is 0.181 e. The summed E-state index contributed by atoms with van der Waals surface area (Å²) in [6, 6.07) is 7.16. The molecular formula is C30H42N8O4. The number of H-pyrrole nitrogens is 1. The number of imidazole rings is 2. The Labute approximate surface area is 245 Å². The highest BCUT2D eigenvalue weighted by Crippen LogP contribution is 2.38. The van der Waals surface area contributed by atoms with E-state index in [0.29, 0.717) is 29.7 Å². The molecular weight excluding hydrogens is 536 g/mol. The molecule has 1 saturated heterocycles. The Bertz CT molecular complexity index is 1540. The molecule has 1 aromatic carbocycles. The van der Waals surface area contributed by atoms with Crippen molar-refractivity contribution < 1.29 is 20.2 Å². The highest BCUT2D eigenvalue weighted by atomic mass is 16.6. The second kappa shape index (κ2) is 11.2. The van der Waals surface area contributed by atoms with E-state index in [4.69, 9.17) is 9.72 Å². The van der Waals surface area contributed by atoms with Gasteiger partial charge in [-0.2, -0.15) is 0 Å². The number of ether oxygens (including phenoxy) is 1. The maximum atomic E-state index is 11.0. The average Bonchev–Trinajstić information content (AvgIpc) is 3.61. The van der Waals surface area contributed by atoms with E-state index in [1.54, 1.807) is 4.57 Å². The summed E-state index contributed by atoms with van der Waals surface area (Å²) in [6.45, 7) is 11.5. The standard InChI is InChI=1S/C30H42N8O4/c1-16(2)37(13-22-25(39)26(40)29(42-22)38-15-33-24-27(36-41)31-14-32-28(24)38)19-10-17(11-19)6-9-23-34-20-8-7-18(30(3,4)5)12-21(20)35-23/h7-8,12,14-17,19,22,25-26,29,39-41H,6,9-11,13H2,1-5H3,(H,34,35)(H,31,32,36)/t17?,19?,22-,25-,26-,29-/m1/s1. The van der Waals surface area contributed by atoms with Crippen LogP contribution in [-0.4, -0.2) is 86.7 Å². The van der Waals surface area contributed by atoms with Gasteiger partial charge in [0.2, 0.25) is 0 Å². The summed E-state index contributed by atoms with van der Waals surface area (Å²) in [5, 5.41) is 31.2. The van der Waals surface area contributed by atoms with Crippen molar-refractivity contribution in [1.29, 1.82) is 0 Å². The minimum absolute atomic E-state index is 0.103. The highest BCUT2D eigenvalue weighted by Gasteiger charge is 2.46. The lowest BCUT2D eigenvalue weighted by molar-refractivity contribution is -0.0620. The summed E-state index contributed by atoms with van der Waals surface area (Å²) in [5.41, 5.74) is 6.27. The van der Waals surface area contributed by atoms with Crippen molar-refractivity contribution in [3.05, 3.63) is 42.2 Å². The van der Waals surface area contributed by atoms with E-state index in [1.807, 2.05) is 5.48 Å². The lowest BCUT2D eigenvalue weighted by atomic mass is 9.76. The molecule has 2 aliphatic rings. The Hall–Kier alpha value is -3.16. The molecule has 5 N–H and O–H groups in total. The Morgan fingerprint density at radius 1 is 1.14 bits per heavy atom. The maximum absolute atomic E-state index is 11.0. The molecule has 0 unspecified atom stereocenters. The zero-order valence-electron chi connectivity index (χ0n) is 24.9. The molecule has 6 rings (SSSR count). The molecule has 3 aromatic heterocycles. The Morgan fingerprint density at radius 3 is 2.64 bits per heavy atom. The molecule has 1 aliphatic carbocycles. The van der Waals surface area contributed by atoms with Crippen LogP contribution < -0.4 is 5.48 Å². The molecule has 0 bridgehead atoms. The number of nitrogens with one attached hydrogen (secondary N) is 2. The van der Waals surface area contributed by atoms with Crippen LogP contribution in [-0.2, 0) is 16.6 Å². The Balaban J connectivity index is 1.06. The first kappa shape index (κ1) is 28.9. The van der Waals surface area contributed by atoms with Crippen LogP contribution >= 0.6 is 0 Å². The predicted octanol–water partition coefficient (Wildman–Crippen LogP) is 3.54. The number of hydrogen-bond donors (Lipinski definition) is 5. The molecule has 12 nitrogen and oxygen atoms in total. The molecule has 4 aromatic rings. The number of aliphatic hydroxyl groups excluding tert-OH is 2. The average molecular weight is 579 g/mol. The van der Waals surface area contributed by atoms with E-state index < -0.39 is 24.5 Å². The molecule has 0 radical (unpaired) electrons. The van der Waals surface area contributed by atoms with Gasteiger partial charge in [0.1, 0.15) is 30.5 Å². The number of benzene rings is 1. The molecule has 4 heterocycles. The molecule has 0 amide bonds. The van der Waals surface area contributed by atoms with Gasteiger partial charge in [-0.15, -0.1) is 0 Å². The number of rotatable bonds is 9. The SMILES string of the molecule is CC(C)N(C[C@H]1O[C@@H](n2cnc3c(NO)ncnc32)[C@H](O)[C@@H]1O)C1CC(CCc2nc3ccc(C(C)(C)C)cc3[nH]2)C1. The van der Waals surface area contributed by atoms with Crippen LogP contribution in [0.15, 0.2) is 30.9 Å². The molecule has 42 heavy (non-hydrogen) atoms. The molecule has 2 fully saturated rings. The molecule has 0 spiro atoms. The second-order valence-electron chi connectivity index (χ2n) is 13.2. The van der Waals surface area contributed by atoms with Crippen molar-refractivity contribution in [2.75, 3.05) is 12.0 Å². The zero-order valence-corrected chi connectivity index (χ0v) is 24.9. The first-order valence-electron chi connectivity index (χ1n) is 14.9. The number of hydrogen-bond acceptors (Lipinski definition) is 10. The van der Waals surface area contributed by atoms with Gasteiger partial charge in [-0.3, -0.25) is 20.2 Å². The van der Waals surface area contributed by atoms with Gasteiger partial charge in [-0.1, -0.05) is 26.8 Å². The summed E-state index contributed by atoms with van der Waals surface area (Å²) < 4.78 is 7.80. The van der Waals surface area contributed by atoms with Crippen LogP contribution in [0.4, 0.5) is 5.82 Å². The lowest BCUT2D eigenvalue weighted by Gasteiger charge is -2.46. The van der Waals surface area contributed by atoms with E-state index in [1.165, 1.54) is 18.2 Å². The van der Waals surface area contributed by atoms with Gasteiger partial charge in [0.15, 0.2) is 23.2 Å². The van der Waals surface area contributed by atoms with Crippen molar-refractivity contribution in [3.63, 3.8) is 0 Å². The number of aryl methyl sites for hydroxylation is 1. The second-order valence-corrected chi connectivity index (χ2v) is 13.2. The fourth-order valence-corrected chi connectivity index (χ4v) is 6.41. The first-order valence-corrected chi connectivity index (χ1v) is 14.9. The molecule has 1 aliphatic heterocycles. The summed E-state index contributed by atoms with van der Waals surface area (Å²) in [7, 11) is 0. The van der Waals surface area contributed by atoms with Crippen molar-refractivity contribution in [3.8, 4) is 0 Å². The van der Waals surface area contributed by atoms with Gasteiger partial charge in [-0.25, -0.2) is 19.9 Å². The largest absolute Gasteiger partial charge is 0.387 e. The van der Waals surface area contributed by atoms with Crippen LogP contribution in [0.2, 0.25) is 0 Å². The number of aromatic nitrogens is 6. The third kappa shape index (κ3) is 5.37. The van der Waals surface area contributed by atoms with Crippen molar-refractivity contribution in [1.82, 2.24) is 34.4 Å². The molecule has 226 valence electrons. The highest BCUT2D eigenvalue weighted by molar-refractivity contribution is 5.82. The Morgan fingerprint density at radius 2 is 1.93 bits per heavy atom. The third-order valence-electron chi connectivity index (χ3n) is 9.00. The number of fused-ring (bicyclic) bond motifs is 2. The fraction of sp³-hybridized carbons (Fsp3) is 0.600. The van der Waals surface area contributed by atoms with E-state index in [9.17, 15) is 15.4 Å². The van der Waals surface area contributed by atoms with E-state index in [2.05, 4.69) is 77.7 Å². The van der Waals surface area contributed by atoms with Crippen LogP contribution in [0.3, 0.4) is 0 Å². The number of nitrogens with zero attached hydrogens (tertiary/aromatic N) is 6. The summed E-state index contributed by atoms with van der Waals surface area (Å²) in [5.74, 6) is 1.82. The molecule has 12 heteroatoms. The van der Waals surface area contributed by atoms with E-state index in [0.717, 1.165) is 42.5 Å². The minimum Gasteiger partial charge on any atom is -0.387 e. The van der Waals surface area contributed by atoms with Crippen molar-refractivity contribution >= 4 is 28.0 Å². The van der Waals surface area contributed by atoms with E-state index >= 15 is 0 Å².